The summed E-state index contributed by atoms with van der Waals surface area (Å²) >= 11 is 0. The lowest BCUT2D eigenvalue weighted by atomic mass is 10.0. The maximum absolute atomic E-state index is 14.5. The summed E-state index contributed by atoms with van der Waals surface area (Å²) in [5, 5.41) is 2.97. The van der Waals surface area contributed by atoms with Crippen LogP contribution in [0.4, 0.5) is 5.69 Å². The minimum Gasteiger partial charge on any atom is -0.497 e. The molecule has 0 bridgehead atoms. The van der Waals surface area contributed by atoms with Gasteiger partial charge < -0.3 is 15.0 Å². The van der Waals surface area contributed by atoms with Crippen LogP contribution in [0.15, 0.2) is 108 Å². The number of carbonyl (C=O) groups excluding carboxylic acids is 2. The Hall–Kier alpha value is -4.63. The van der Waals surface area contributed by atoms with Gasteiger partial charge >= 0.3 is 0 Å². The number of ether oxygens (including phenoxy) is 1. The Kier molecular flexibility index (Phi) is 11.4. The highest BCUT2D eigenvalue weighted by Crippen LogP contribution is 2.27. The molecular weight excluding hydrogens is 586 g/mol. The van der Waals surface area contributed by atoms with E-state index in [0.717, 1.165) is 33.0 Å². The zero-order chi connectivity index (χ0) is 32.4. The van der Waals surface area contributed by atoms with Gasteiger partial charge in [0, 0.05) is 19.5 Å². The molecule has 0 heterocycles. The third-order valence-electron chi connectivity index (χ3n) is 7.67. The van der Waals surface area contributed by atoms with Crippen molar-refractivity contribution >= 4 is 27.5 Å². The van der Waals surface area contributed by atoms with Crippen molar-refractivity contribution in [3.63, 3.8) is 0 Å². The molecule has 45 heavy (non-hydrogen) atoms. The van der Waals surface area contributed by atoms with E-state index in [2.05, 4.69) is 5.32 Å². The molecule has 236 valence electrons. The van der Waals surface area contributed by atoms with Crippen LogP contribution in [0.3, 0.4) is 0 Å². The number of anilines is 1. The number of nitrogens with one attached hydrogen (secondary N) is 1. The molecule has 0 saturated heterocycles. The molecule has 4 aromatic rings. The monoisotopic (exact) mass is 627 g/mol. The standard InChI is InChI=1S/C36H41N3O5S/c1-5-23-37-36(41)34(24-29-12-7-6-8-13-29)38(25-30-14-10-9-11-28(30)3)35(40)26-39(31-17-15-27(2)16-18-31)45(42,43)33-21-19-32(44-4)20-22-33/h6-22,34H,5,23-26H2,1-4H3,(H,37,41). The molecule has 4 rings (SSSR count). The van der Waals surface area contributed by atoms with Crippen LogP contribution in [-0.4, -0.2) is 51.4 Å². The van der Waals surface area contributed by atoms with E-state index in [9.17, 15) is 18.0 Å². The topological polar surface area (TPSA) is 96.0 Å². The van der Waals surface area contributed by atoms with Gasteiger partial charge in [-0.25, -0.2) is 8.42 Å². The summed E-state index contributed by atoms with van der Waals surface area (Å²) in [5.74, 6) is -0.274. The van der Waals surface area contributed by atoms with E-state index in [1.807, 2.05) is 75.4 Å². The lowest BCUT2D eigenvalue weighted by Crippen LogP contribution is -2.53. The number of hydrogen-bond acceptors (Lipinski definition) is 5. The average Bonchev–Trinajstić information content (AvgIpc) is 3.05. The quantitative estimate of drug-likeness (QED) is 0.194. The molecular formula is C36H41N3O5S. The molecule has 1 N–H and O–H groups in total. The first-order valence-corrected chi connectivity index (χ1v) is 16.5. The van der Waals surface area contributed by atoms with Gasteiger partial charge in [-0.1, -0.05) is 79.2 Å². The Bertz CT molecular complexity index is 1670. The van der Waals surface area contributed by atoms with E-state index in [1.54, 1.807) is 36.4 Å². The third kappa shape index (κ3) is 8.51. The minimum atomic E-state index is -4.19. The van der Waals surface area contributed by atoms with E-state index >= 15 is 0 Å². The number of nitrogens with zero attached hydrogens (tertiary/aromatic N) is 2. The third-order valence-corrected chi connectivity index (χ3v) is 9.46. The number of benzene rings is 4. The molecule has 0 radical (unpaired) electrons. The maximum atomic E-state index is 14.5. The second-order valence-corrected chi connectivity index (χ2v) is 12.8. The molecule has 0 fully saturated rings. The number of methoxy groups -OCH3 is 1. The summed E-state index contributed by atoms with van der Waals surface area (Å²) in [4.78, 5) is 29.8. The van der Waals surface area contributed by atoms with Gasteiger partial charge in [0.25, 0.3) is 10.0 Å². The molecule has 0 spiro atoms. The number of sulfonamides is 1. The van der Waals surface area contributed by atoms with Crippen LogP contribution < -0.4 is 14.4 Å². The minimum absolute atomic E-state index is 0.0173. The zero-order valence-electron chi connectivity index (χ0n) is 26.3. The van der Waals surface area contributed by atoms with Gasteiger partial charge in [0.05, 0.1) is 17.7 Å². The summed E-state index contributed by atoms with van der Waals surface area (Å²) < 4.78 is 34.7. The Morgan fingerprint density at radius 3 is 2.11 bits per heavy atom. The first-order chi connectivity index (χ1) is 21.6. The first-order valence-electron chi connectivity index (χ1n) is 15.0. The summed E-state index contributed by atoms with van der Waals surface area (Å²) in [6.07, 6.45) is 1.00. The van der Waals surface area contributed by atoms with Gasteiger partial charge in [-0.3, -0.25) is 13.9 Å². The summed E-state index contributed by atoms with van der Waals surface area (Å²) in [7, 11) is -2.68. The van der Waals surface area contributed by atoms with E-state index < -0.39 is 28.5 Å². The average molecular weight is 628 g/mol. The van der Waals surface area contributed by atoms with Crippen molar-refractivity contribution in [3.8, 4) is 5.75 Å². The van der Waals surface area contributed by atoms with Crippen LogP contribution in [0.5, 0.6) is 5.75 Å². The van der Waals surface area contributed by atoms with Gasteiger partial charge in [-0.15, -0.1) is 0 Å². The Morgan fingerprint density at radius 2 is 1.49 bits per heavy atom. The van der Waals surface area contributed by atoms with Gasteiger partial charge in [0.15, 0.2) is 0 Å². The Morgan fingerprint density at radius 1 is 0.844 bits per heavy atom. The highest BCUT2D eigenvalue weighted by Gasteiger charge is 2.34. The summed E-state index contributed by atoms with van der Waals surface area (Å²) in [6, 6.07) is 29.4. The molecule has 0 aromatic heterocycles. The van der Waals surface area contributed by atoms with Crippen LogP contribution in [-0.2, 0) is 32.6 Å². The SMILES string of the molecule is CCCNC(=O)C(Cc1ccccc1)N(Cc1ccccc1C)C(=O)CN(c1ccc(C)cc1)S(=O)(=O)c1ccc(OC)cc1. The van der Waals surface area contributed by atoms with Crippen LogP contribution in [0.2, 0.25) is 0 Å². The second kappa shape index (κ2) is 15.4. The van der Waals surface area contributed by atoms with Crippen molar-refractivity contribution in [2.75, 3.05) is 24.5 Å². The van der Waals surface area contributed by atoms with E-state index in [0.29, 0.717) is 18.0 Å². The lowest BCUT2D eigenvalue weighted by Gasteiger charge is -2.34. The smallest absolute Gasteiger partial charge is 0.264 e. The molecule has 0 saturated carbocycles. The van der Waals surface area contributed by atoms with Gasteiger partial charge in [-0.05, 0) is 73.4 Å². The number of rotatable bonds is 14. The van der Waals surface area contributed by atoms with Crippen molar-refractivity contribution < 1.29 is 22.7 Å². The molecule has 1 unspecified atom stereocenters. The van der Waals surface area contributed by atoms with Crippen LogP contribution in [0.25, 0.3) is 0 Å². The summed E-state index contributed by atoms with van der Waals surface area (Å²) in [5.41, 5.74) is 4.01. The molecule has 1 atom stereocenters. The highest BCUT2D eigenvalue weighted by atomic mass is 32.2. The molecule has 9 heteroatoms. The van der Waals surface area contributed by atoms with E-state index in [1.165, 1.54) is 24.1 Å². The second-order valence-electron chi connectivity index (χ2n) is 11.0. The predicted molar refractivity (Wildman–Crippen MR) is 178 cm³/mol. The normalized spacial score (nSPS) is 11.8. The molecule has 0 aliphatic rings. The first kappa shape index (κ1) is 33.3. The van der Waals surface area contributed by atoms with Crippen molar-refractivity contribution in [2.45, 2.75) is 51.1 Å². The number of hydrogen-bond donors (Lipinski definition) is 1. The van der Waals surface area contributed by atoms with Crippen LogP contribution in [0.1, 0.15) is 35.6 Å². The Labute approximate surface area is 266 Å². The largest absolute Gasteiger partial charge is 0.497 e. The highest BCUT2D eigenvalue weighted by molar-refractivity contribution is 7.92. The number of amides is 2. The molecule has 8 nitrogen and oxygen atoms in total. The fourth-order valence-corrected chi connectivity index (χ4v) is 6.42. The molecule has 0 aliphatic heterocycles. The van der Waals surface area contributed by atoms with Gasteiger partial charge in [-0.2, -0.15) is 0 Å². The van der Waals surface area contributed by atoms with E-state index in [4.69, 9.17) is 4.74 Å². The molecule has 2 amide bonds. The molecule has 4 aromatic carbocycles. The number of carbonyl (C=O) groups is 2. The van der Waals surface area contributed by atoms with Crippen molar-refractivity contribution in [3.05, 3.63) is 125 Å². The zero-order valence-corrected chi connectivity index (χ0v) is 27.1. The van der Waals surface area contributed by atoms with Crippen molar-refractivity contribution in [1.29, 1.82) is 0 Å². The van der Waals surface area contributed by atoms with Crippen molar-refractivity contribution in [2.24, 2.45) is 0 Å². The Balaban J connectivity index is 1.80. The van der Waals surface area contributed by atoms with Crippen LogP contribution in [0, 0.1) is 13.8 Å². The maximum Gasteiger partial charge on any atom is 0.264 e. The predicted octanol–water partition coefficient (Wildman–Crippen LogP) is 5.67. The fourth-order valence-electron chi connectivity index (χ4n) is 5.01. The van der Waals surface area contributed by atoms with Gasteiger partial charge in [0.1, 0.15) is 18.3 Å². The van der Waals surface area contributed by atoms with Gasteiger partial charge in [0.2, 0.25) is 11.8 Å². The van der Waals surface area contributed by atoms with E-state index in [-0.39, 0.29) is 23.8 Å². The number of aryl methyl sites for hydroxylation is 2. The van der Waals surface area contributed by atoms with Crippen molar-refractivity contribution in [1.82, 2.24) is 10.2 Å². The fraction of sp³-hybridized carbons (Fsp3) is 0.278. The summed E-state index contributed by atoms with van der Waals surface area (Å²) in [6.45, 7) is 5.91. The van der Waals surface area contributed by atoms with Crippen LogP contribution >= 0.6 is 0 Å². The molecule has 0 aliphatic carbocycles. The lowest BCUT2D eigenvalue weighted by molar-refractivity contribution is -0.140.